The number of piperidine rings is 1. The minimum atomic E-state index is -0.265. The van der Waals surface area contributed by atoms with Crippen LogP contribution in [-0.4, -0.2) is 24.1 Å². The Kier molecular flexibility index (Phi) is 4.23. The number of rotatable bonds is 5. The lowest BCUT2D eigenvalue weighted by Gasteiger charge is -2.34. The highest BCUT2D eigenvalue weighted by Gasteiger charge is 2.30. The maximum Gasteiger partial charge on any atom is 0.293 e. The van der Waals surface area contributed by atoms with E-state index < -0.39 is 0 Å². The third-order valence-electron chi connectivity index (χ3n) is 4.79. The number of nitro benzene ring substituents is 1. The van der Waals surface area contributed by atoms with Crippen molar-refractivity contribution in [3.63, 3.8) is 0 Å². The van der Waals surface area contributed by atoms with Crippen molar-refractivity contribution in [3.8, 4) is 5.75 Å². The summed E-state index contributed by atoms with van der Waals surface area (Å²) in [6.07, 6.45) is 5.93. The first kappa shape index (κ1) is 15.1. The molecule has 1 saturated heterocycles. The number of benzene rings is 1. The van der Waals surface area contributed by atoms with Crippen LogP contribution in [0.1, 0.15) is 44.6 Å². The largest absolute Gasteiger partial charge is 0.490 e. The molecule has 1 saturated carbocycles. The molecule has 5 nitrogen and oxygen atoms in total. The molecule has 3 rings (SSSR count). The first-order valence-corrected chi connectivity index (χ1v) is 8.29. The van der Waals surface area contributed by atoms with Crippen molar-refractivity contribution < 1.29 is 9.66 Å². The summed E-state index contributed by atoms with van der Waals surface area (Å²) in [6, 6.07) is 3.37. The van der Waals surface area contributed by atoms with Gasteiger partial charge < -0.3 is 9.64 Å². The fourth-order valence-electron chi connectivity index (χ4n) is 3.31. The van der Waals surface area contributed by atoms with Crippen molar-refractivity contribution in [1.82, 2.24) is 0 Å². The molecule has 22 heavy (non-hydrogen) atoms. The molecule has 2 fully saturated rings. The number of anilines is 1. The second-order valence-corrected chi connectivity index (χ2v) is 6.49. The zero-order valence-electron chi connectivity index (χ0n) is 13.4. The Bertz CT molecular complexity index is 569. The maximum absolute atomic E-state index is 11.5. The minimum absolute atomic E-state index is 0.206. The number of hydrogen-bond donors (Lipinski definition) is 0. The molecule has 5 heteroatoms. The number of nitro groups is 1. The molecule has 0 aromatic heterocycles. The molecule has 1 heterocycles. The van der Waals surface area contributed by atoms with Gasteiger partial charge in [0.1, 0.15) is 11.4 Å². The van der Waals surface area contributed by atoms with Crippen molar-refractivity contribution in [2.75, 3.05) is 18.0 Å². The monoisotopic (exact) mass is 304 g/mol. The Morgan fingerprint density at radius 2 is 2.14 bits per heavy atom. The van der Waals surface area contributed by atoms with Gasteiger partial charge in [-0.2, -0.15) is 0 Å². The molecule has 1 aliphatic heterocycles. The highest BCUT2D eigenvalue weighted by molar-refractivity contribution is 5.71. The van der Waals surface area contributed by atoms with E-state index in [0.717, 1.165) is 55.8 Å². The molecule has 0 amide bonds. The molecule has 1 atom stereocenters. The van der Waals surface area contributed by atoms with Crippen molar-refractivity contribution >= 4 is 11.4 Å². The van der Waals surface area contributed by atoms with Gasteiger partial charge in [-0.25, -0.2) is 0 Å². The molecule has 0 spiro atoms. The topological polar surface area (TPSA) is 55.6 Å². The Balaban J connectivity index is 1.96. The van der Waals surface area contributed by atoms with Crippen LogP contribution >= 0.6 is 0 Å². The van der Waals surface area contributed by atoms with E-state index in [4.69, 9.17) is 4.74 Å². The maximum atomic E-state index is 11.5. The van der Waals surface area contributed by atoms with Gasteiger partial charge in [0.25, 0.3) is 5.69 Å². The Labute approximate surface area is 131 Å². The highest BCUT2D eigenvalue weighted by atomic mass is 16.6. The fourth-order valence-corrected chi connectivity index (χ4v) is 3.31. The van der Waals surface area contributed by atoms with Crippen molar-refractivity contribution in [2.24, 2.45) is 5.92 Å². The first-order chi connectivity index (χ1) is 10.6. The molecule has 0 bridgehead atoms. The van der Waals surface area contributed by atoms with E-state index in [0.29, 0.717) is 12.0 Å². The van der Waals surface area contributed by atoms with Gasteiger partial charge in [-0.15, -0.1) is 0 Å². The molecular formula is C17H24N2O3. The summed E-state index contributed by atoms with van der Waals surface area (Å²) in [5.74, 6) is 1.43. The van der Waals surface area contributed by atoms with Gasteiger partial charge in [0.2, 0.25) is 0 Å². The number of ether oxygens (including phenoxy) is 1. The van der Waals surface area contributed by atoms with Crippen LogP contribution in [0.4, 0.5) is 11.4 Å². The van der Waals surface area contributed by atoms with E-state index in [1.54, 1.807) is 12.1 Å². The molecule has 0 radical (unpaired) electrons. The molecule has 0 unspecified atom stereocenters. The summed E-state index contributed by atoms with van der Waals surface area (Å²) < 4.78 is 5.93. The average molecular weight is 304 g/mol. The first-order valence-electron chi connectivity index (χ1n) is 8.29. The van der Waals surface area contributed by atoms with Crippen LogP contribution in [0.2, 0.25) is 0 Å². The Morgan fingerprint density at radius 3 is 2.77 bits per heavy atom. The van der Waals surface area contributed by atoms with E-state index >= 15 is 0 Å². The van der Waals surface area contributed by atoms with Gasteiger partial charge in [-0.1, -0.05) is 13.3 Å². The average Bonchev–Trinajstić information content (AvgIpc) is 3.33. The number of nitrogens with zero attached hydrogens (tertiary/aromatic N) is 2. The van der Waals surface area contributed by atoms with E-state index in [9.17, 15) is 10.1 Å². The van der Waals surface area contributed by atoms with Crippen LogP contribution in [0.15, 0.2) is 12.1 Å². The van der Waals surface area contributed by atoms with Crippen LogP contribution in [-0.2, 0) is 0 Å². The molecule has 120 valence electrons. The van der Waals surface area contributed by atoms with Crippen molar-refractivity contribution in [3.05, 3.63) is 27.8 Å². The quantitative estimate of drug-likeness (QED) is 0.608. The van der Waals surface area contributed by atoms with Gasteiger partial charge in [-0.3, -0.25) is 10.1 Å². The van der Waals surface area contributed by atoms with Gasteiger partial charge in [0, 0.05) is 24.7 Å². The SMILES string of the molecule is CC[C@@H]1CCCN(c2c([N+](=O)[O-])ccc(OC3CC3)c2C)C1. The summed E-state index contributed by atoms with van der Waals surface area (Å²) in [6.45, 7) is 5.95. The van der Waals surface area contributed by atoms with E-state index in [1.807, 2.05) is 6.92 Å². The molecule has 1 aliphatic carbocycles. The Hall–Kier alpha value is -1.78. The van der Waals surface area contributed by atoms with Crippen molar-refractivity contribution in [2.45, 2.75) is 52.1 Å². The third-order valence-corrected chi connectivity index (χ3v) is 4.79. The highest BCUT2D eigenvalue weighted by Crippen LogP contribution is 2.41. The predicted octanol–water partition coefficient (Wildman–Crippen LogP) is 4.07. The van der Waals surface area contributed by atoms with Gasteiger partial charge >= 0.3 is 0 Å². The molecule has 1 aromatic rings. The van der Waals surface area contributed by atoms with Crippen LogP contribution in [0, 0.1) is 23.0 Å². The van der Waals surface area contributed by atoms with Crippen LogP contribution in [0.25, 0.3) is 0 Å². The molecule has 2 aliphatic rings. The lowest BCUT2D eigenvalue weighted by Crippen LogP contribution is -2.36. The summed E-state index contributed by atoms with van der Waals surface area (Å²) in [5.41, 5.74) is 1.89. The lowest BCUT2D eigenvalue weighted by molar-refractivity contribution is -0.384. The standard InChI is InChI=1S/C17H24N2O3/c1-3-13-5-4-10-18(11-13)17-12(2)16(22-14-6-7-14)9-8-15(17)19(20)21/h8-9,13-14H,3-7,10-11H2,1-2H3/t13-/m1/s1. The van der Waals surface area contributed by atoms with Gasteiger partial charge in [0.15, 0.2) is 0 Å². The Morgan fingerprint density at radius 1 is 1.36 bits per heavy atom. The molecular weight excluding hydrogens is 280 g/mol. The second-order valence-electron chi connectivity index (χ2n) is 6.49. The normalized spacial score (nSPS) is 21.7. The van der Waals surface area contributed by atoms with E-state index in [2.05, 4.69) is 11.8 Å². The molecule has 0 N–H and O–H groups in total. The van der Waals surface area contributed by atoms with Crippen molar-refractivity contribution in [1.29, 1.82) is 0 Å². The zero-order chi connectivity index (χ0) is 15.7. The van der Waals surface area contributed by atoms with Gasteiger partial charge in [0.05, 0.1) is 11.0 Å². The van der Waals surface area contributed by atoms with Crippen LogP contribution in [0.3, 0.4) is 0 Å². The lowest BCUT2D eigenvalue weighted by atomic mass is 9.94. The van der Waals surface area contributed by atoms with E-state index in [1.165, 1.54) is 6.42 Å². The van der Waals surface area contributed by atoms with Gasteiger partial charge in [-0.05, 0) is 44.6 Å². The fraction of sp³-hybridized carbons (Fsp3) is 0.647. The summed E-state index contributed by atoms with van der Waals surface area (Å²) >= 11 is 0. The predicted molar refractivity (Wildman–Crippen MR) is 86.7 cm³/mol. The zero-order valence-corrected chi connectivity index (χ0v) is 13.4. The smallest absolute Gasteiger partial charge is 0.293 e. The third kappa shape index (κ3) is 3.03. The summed E-state index contributed by atoms with van der Waals surface area (Å²) in [5, 5.41) is 11.5. The summed E-state index contributed by atoms with van der Waals surface area (Å²) in [7, 11) is 0. The minimum Gasteiger partial charge on any atom is -0.490 e. The summed E-state index contributed by atoms with van der Waals surface area (Å²) in [4.78, 5) is 13.4. The van der Waals surface area contributed by atoms with Crippen LogP contribution < -0.4 is 9.64 Å². The van der Waals surface area contributed by atoms with E-state index in [-0.39, 0.29) is 10.6 Å². The second kappa shape index (κ2) is 6.15. The number of hydrogen-bond acceptors (Lipinski definition) is 4. The van der Waals surface area contributed by atoms with Crippen LogP contribution in [0.5, 0.6) is 5.75 Å². The molecule has 1 aromatic carbocycles.